The number of halogens is 1. The molecule has 3 rings (SSSR count). The zero-order chi connectivity index (χ0) is 17.3. The molecule has 1 aromatic carbocycles. The molecule has 0 amide bonds. The zero-order valence-electron chi connectivity index (χ0n) is 14.2. The third kappa shape index (κ3) is 3.58. The molecule has 0 bridgehead atoms. The second-order valence-corrected chi connectivity index (χ2v) is 8.64. The molecule has 0 unspecified atom stereocenters. The number of nitrogens with one attached hydrogen (secondary N) is 1. The number of methoxy groups -OCH3 is 1. The Bertz CT molecular complexity index is 696. The molecule has 0 spiro atoms. The Labute approximate surface area is 143 Å². The van der Waals surface area contributed by atoms with Gasteiger partial charge in [0.05, 0.1) is 12.0 Å². The number of ether oxygens (including phenoxy) is 1. The summed E-state index contributed by atoms with van der Waals surface area (Å²) in [6.45, 7) is 3.46. The average Bonchev–Trinajstić information content (AvgIpc) is 3.40. The average molecular weight is 356 g/mol. The van der Waals surface area contributed by atoms with Crippen molar-refractivity contribution in [2.24, 2.45) is 5.92 Å². The number of hydrogen-bond donors (Lipinski definition) is 1. The lowest BCUT2D eigenvalue weighted by molar-refractivity contribution is 0.287. The van der Waals surface area contributed by atoms with Gasteiger partial charge in [-0.05, 0) is 57.2 Å². The third-order valence-corrected chi connectivity index (χ3v) is 7.03. The van der Waals surface area contributed by atoms with Crippen LogP contribution in [0, 0.1) is 18.7 Å². The van der Waals surface area contributed by atoms with E-state index in [-0.39, 0.29) is 16.2 Å². The summed E-state index contributed by atoms with van der Waals surface area (Å²) >= 11 is 0. The summed E-state index contributed by atoms with van der Waals surface area (Å²) in [7, 11) is -2.31. The maximum Gasteiger partial charge on any atom is 0.243 e. The van der Waals surface area contributed by atoms with Crippen molar-refractivity contribution in [3.05, 3.63) is 23.5 Å². The van der Waals surface area contributed by atoms with Crippen LogP contribution in [0.1, 0.15) is 31.2 Å². The molecule has 1 aliphatic carbocycles. The summed E-state index contributed by atoms with van der Waals surface area (Å²) in [4.78, 5) is 0.0326. The highest BCUT2D eigenvalue weighted by Crippen LogP contribution is 2.30. The Morgan fingerprint density at radius 1 is 1.25 bits per heavy atom. The van der Waals surface area contributed by atoms with Crippen LogP contribution in [-0.4, -0.2) is 45.5 Å². The van der Waals surface area contributed by atoms with E-state index < -0.39 is 15.8 Å². The molecule has 1 N–H and O–H groups in total. The minimum Gasteiger partial charge on any atom is -0.494 e. The molecule has 1 aliphatic heterocycles. The first-order chi connectivity index (χ1) is 11.4. The van der Waals surface area contributed by atoms with Crippen molar-refractivity contribution in [3.63, 3.8) is 0 Å². The molecule has 0 radical (unpaired) electrons. The van der Waals surface area contributed by atoms with Gasteiger partial charge in [-0.25, -0.2) is 12.8 Å². The molecule has 2 aliphatic rings. The van der Waals surface area contributed by atoms with Gasteiger partial charge in [0.15, 0.2) is 11.6 Å². The van der Waals surface area contributed by atoms with Gasteiger partial charge >= 0.3 is 0 Å². The van der Waals surface area contributed by atoms with Crippen molar-refractivity contribution in [2.45, 2.75) is 43.5 Å². The molecule has 1 aromatic rings. The standard InChI is InChI=1S/C17H25FN2O3S/c1-12-16(6-5-15(23-2)17(12)18)24(21,22)20-9-7-14(8-10-20)19-11-13-3-4-13/h5-6,13-14,19H,3-4,7-11H2,1-2H3. The van der Waals surface area contributed by atoms with Crippen LogP contribution in [0.5, 0.6) is 5.75 Å². The lowest BCUT2D eigenvalue weighted by Crippen LogP contribution is -2.45. The Balaban J connectivity index is 1.68. The summed E-state index contributed by atoms with van der Waals surface area (Å²) < 4.78 is 46.2. The minimum atomic E-state index is -3.67. The fourth-order valence-corrected chi connectivity index (χ4v) is 4.86. The van der Waals surface area contributed by atoms with Gasteiger partial charge in [0.25, 0.3) is 0 Å². The highest BCUT2D eigenvalue weighted by molar-refractivity contribution is 7.89. The molecule has 2 fully saturated rings. The fraction of sp³-hybridized carbons (Fsp3) is 0.647. The van der Waals surface area contributed by atoms with Crippen molar-refractivity contribution < 1.29 is 17.5 Å². The highest BCUT2D eigenvalue weighted by atomic mass is 32.2. The topological polar surface area (TPSA) is 58.6 Å². The van der Waals surface area contributed by atoms with E-state index in [0.29, 0.717) is 19.1 Å². The van der Waals surface area contributed by atoms with Gasteiger partial charge in [0.2, 0.25) is 10.0 Å². The van der Waals surface area contributed by atoms with Gasteiger partial charge in [-0.3, -0.25) is 0 Å². The van der Waals surface area contributed by atoms with E-state index in [1.54, 1.807) is 0 Å². The van der Waals surface area contributed by atoms with E-state index in [1.807, 2.05) is 0 Å². The van der Waals surface area contributed by atoms with E-state index in [1.165, 1.54) is 43.3 Å². The molecule has 5 nitrogen and oxygen atoms in total. The van der Waals surface area contributed by atoms with Crippen LogP contribution in [0.25, 0.3) is 0 Å². The van der Waals surface area contributed by atoms with Crippen LogP contribution >= 0.6 is 0 Å². The number of hydrogen-bond acceptors (Lipinski definition) is 4. The maximum atomic E-state index is 14.2. The van der Waals surface area contributed by atoms with Gasteiger partial charge in [0.1, 0.15) is 0 Å². The molecule has 1 heterocycles. The lowest BCUT2D eigenvalue weighted by atomic mass is 10.1. The molecular formula is C17H25FN2O3S. The van der Waals surface area contributed by atoms with Gasteiger partial charge in [-0.2, -0.15) is 4.31 Å². The quantitative estimate of drug-likeness (QED) is 0.850. The number of piperidine rings is 1. The molecule has 0 atom stereocenters. The second-order valence-electron chi connectivity index (χ2n) is 6.73. The van der Waals surface area contributed by atoms with E-state index >= 15 is 0 Å². The fourth-order valence-electron chi connectivity index (χ4n) is 3.17. The molecule has 134 valence electrons. The summed E-state index contributed by atoms with van der Waals surface area (Å²) in [6, 6.07) is 3.19. The normalized spacial score (nSPS) is 20.3. The first-order valence-corrected chi connectivity index (χ1v) is 9.94. The molecule has 1 saturated carbocycles. The van der Waals surface area contributed by atoms with E-state index in [2.05, 4.69) is 5.32 Å². The number of rotatable bonds is 6. The van der Waals surface area contributed by atoms with Crippen molar-refractivity contribution in [2.75, 3.05) is 26.7 Å². The summed E-state index contributed by atoms with van der Waals surface area (Å²) in [5, 5.41) is 3.53. The number of sulfonamides is 1. The van der Waals surface area contributed by atoms with E-state index in [4.69, 9.17) is 4.74 Å². The maximum absolute atomic E-state index is 14.2. The Morgan fingerprint density at radius 3 is 2.50 bits per heavy atom. The van der Waals surface area contributed by atoms with Crippen molar-refractivity contribution >= 4 is 10.0 Å². The van der Waals surface area contributed by atoms with Crippen LogP contribution in [0.3, 0.4) is 0 Å². The van der Waals surface area contributed by atoms with E-state index in [0.717, 1.165) is 25.3 Å². The van der Waals surface area contributed by atoms with Crippen LogP contribution in [-0.2, 0) is 10.0 Å². The predicted octanol–water partition coefficient (Wildman–Crippen LogP) is 2.30. The van der Waals surface area contributed by atoms with Gasteiger partial charge in [-0.15, -0.1) is 0 Å². The monoisotopic (exact) mass is 356 g/mol. The number of nitrogens with zero attached hydrogens (tertiary/aromatic N) is 1. The Hall–Kier alpha value is -1.18. The smallest absolute Gasteiger partial charge is 0.243 e. The molecule has 24 heavy (non-hydrogen) atoms. The summed E-state index contributed by atoms with van der Waals surface area (Å²) in [5.74, 6) is 0.269. The second kappa shape index (κ2) is 6.98. The van der Waals surface area contributed by atoms with Crippen LogP contribution < -0.4 is 10.1 Å². The molecular weight excluding hydrogens is 331 g/mol. The SMILES string of the molecule is COc1ccc(S(=O)(=O)N2CCC(NCC3CC3)CC2)c(C)c1F. The van der Waals surface area contributed by atoms with Crippen LogP contribution in [0.4, 0.5) is 4.39 Å². The van der Waals surface area contributed by atoms with E-state index in [9.17, 15) is 12.8 Å². The summed E-state index contributed by atoms with van der Waals surface area (Å²) in [6.07, 6.45) is 4.21. The molecule has 0 aromatic heterocycles. The molecule has 7 heteroatoms. The van der Waals surface area contributed by atoms with Gasteiger partial charge < -0.3 is 10.1 Å². The predicted molar refractivity (Wildman–Crippen MR) is 90.2 cm³/mol. The number of benzene rings is 1. The first-order valence-electron chi connectivity index (χ1n) is 8.50. The van der Waals surface area contributed by atoms with Gasteiger partial charge in [-0.1, -0.05) is 0 Å². The zero-order valence-corrected chi connectivity index (χ0v) is 15.0. The lowest BCUT2D eigenvalue weighted by Gasteiger charge is -2.32. The highest BCUT2D eigenvalue weighted by Gasteiger charge is 2.32. The van der Waals surface area contributed by atoms with Crippen molar-refractivity contribution in [1.29, 1.82) is 0 Å². The van der Waals surface area contributed by atoms with Crippen molar-refractivity contribution in [3.8, 4) is 5.75 Å². The Morgan fingerprint density at radius 2 is 1.92 bits per heavy atom. The van der Waals surface area contributed by atoms with Gasteiger partial charge in [0, 0.05) is 24.7 Å². The minimum absolute atomic E-state index is 0.0326. The van der Waals surface area contributed by atoms with Crippen LogP contribution in [0.2, 0.25) is 0 Å². The molecule has 1 saturated heterocycles. The third-order valence-electron chi connectivity index (χ3n) is 4.99. The largest absolute Gasteiger partial charge is 0.494 e. The summed E-state index contributed by atoms with van der Waals surface area (Å²) in [5.41, 5.74) is 0.114. The first kappa shape index (κ1) is 17.6. The van der Waals surface area contributed by atoms with Crippen molar-refractivity contribution in [1.82, 2.24) is 9.62 Å². The Kier molecular flexibility index (Phi) is 5.13. The van der Waals surface area contributed by atoms with Crippen LogP contribution in [0.15, 0.2) is 17.0 Å².